The highest BCUT2D eigenvalue weighted by atomic mass is 19.4. The van der Waals surface area contributed by atoms with Crippen molar-refractivity contribution in [2.45, 2.75) is 38.0 Å². The maximum Gasteiger partial charge on any atom is 0.451 e. The lowest BCUT2D eigenvalue weighted by Crippen LogP contribution is -2.18. The van der Waals surface area contributed by atoms with Crippen LogP contribution in [-0.4, -0.2) is 14.8 Å². The molecule has 0 unspecified atom stereocenters. The van der Waals surface area contributed by atoms with Crippen LogP contribution in [0.4, 0.5) is 13.2 Å². The molecule has 0 amide bonds. The van der Waals surface area contributed by atoms with E-state index in [4.69, 9.17) is 5.73 Å². The second-order valence-electron chi connectivity index (χ2n) is 3.63. The van der Waals surface area contributed by atoms with Gasteiger partial charge in [-0.15, -0.1) is 10.2 Å². The summed E-state index contributed by atoms with van der Waals surface area (Å²) >= 11 is 0. The lowest BCUT2D eigenvalue weighted by Gasteiger charge is -2.10. The molecule has 2 heterocycles. The predicted octanol–water partition coefficient (Wildman–Crippen LogP) is 1.48. The molecule has 1 aliphatic heterocycles. The van der Waals surface area contributed by atoms with Gasteiger partial charge in [-0.05, 0) is 19.3 Å². The number of nitrogens with two attached hydrogens (primary N) is 1. The molecule has 0 saturated heterocycles. The molecule has 1 atom stereocenters. The first-order chi connectivity index (χ1) is 7.00. The smallest absolute Gasteiger partial charge is 0.321 e. The molecular formula is C8H11F3N4. The normalized spacial score (nSPS) is 22.3. The van der Waals surface area contributed by atoms with Gasteiger partial charge in [-0.2, -0.15) is 13.2 Å². The molecular weight excluding hydrogens is 209 g/mol. The molecule has 0 aromatic carbocycles. The van der Waals surface area contributed by atoms with Crippen LogP contribution in [0.5, 0.6) is 0 Å². The maximum atomic E-state index is 12.5. The molecule has 7 heteroatoms. The fraction of sp³-hybridized carbons (Fsp3) is 0.750. The number of alkyl halides is 3. The summed E-state index contributed by atoms with van der Waals surface area (Å²) in [6, 6.07) is -0.434. The Morgan fingerprint density at radius 1 is 1.27 bits per heavy atom. The van der Waals surface area contributed by atoms with Crippen molar-refractivity contribution in [3.63, 3.8) is 0 Å². The van der Waals surface area contributed by atoms with Gasteiger partial charge in [0.2, 0.25) is 5.82 Å². The van der Waals surface area contributed by atoms with Crippen molar-refractivity contribution in [1.29, 1.82) is 0 Å². The second-order valence-corrected chi connectivity index (χ2v) is 3.63. The Kier molecular flexibility index (Phi) is 2.41. The molecule has 1 aromatic rings. The van der Waals surface area contributed by atoms with Gasteiger partial charge in [0.05, 0.1) is 6.04 Å². The number of nitrogens with zero attached hydrogens (tertiary/aromatic N) is 3. The highest BCUT2D eigenvalue weighted by molar-refractivity contribution is 5.04. The Balaban J connectivity index is 2.44. The van der Waals surface area contributed by atoms with Crippen molar-refractivity contribution in [1.82, 2.24) is 14.8 Å². The van der Waals surface area contributed by atoms with Gasteiger partial charge in [0.1, 0.15) is 5.82 Å². The van der Waals surface area contributed by atoms with Gasteiger partial charge in [0.15, 0.2) is 0 Å². The Morgan fingerprint density at radius 2 is 2.00 bits per heavy atom. The standard InChI is InChI=1S/C8H11F3N4/c9-8(10,11)7-14-13-6-5(12)3-1-2-4-15(6)7/h5H,1-4,12H2/t5-/m1/s1. The first-order valence-electron chi connectivity index (χ1n) is 4.76. The van der Waals surface area contributed by atoms with E-state index in [1.54, 1.807) is 0 Å². The average Bonchev–Trinajstić information content (AvgIpc) is 2.48. The van der Waals surface area contributed by atoms with Crippen LogP contribution in [-0.2, 0) is 12.7 Å². The Labute approximate surface area is 84.3 Å². The summed E-state index contributed by atoms with van der Waals surface area (Å²) < 4.78 is 38.6. The minimum atomic E-state index is -4.45. The molecule has 0 bridgehead atoms. The molecule has 0 fully saturated rings. The molecule has 1 aliphatic rings. The highest BCUT2D eigenvalue weighted by Crippen LogP contribution is 2.31. The van der Waals surface area contributed by atoms with E-state index in [2.05, 4.69) is 10.2 Å². The molecule has 2 N–H and O–H groups in total. The Hall–Kier alpha value is -1.11. The van der Waals surface area contributed by atoms with E-state index in [1.807, 2.05) is 0 Å². The molecule has 0 spiro atoms. The number of hydrogen-bond donors (Lipinski definition) is 1. The summed E-state index contributed by atoms with van der Waals surface area (Å²) in [4.78, 5) is 0. The summed E-state index contributed by atoms with van der Waals surface area (Å²) in [5.74, 6) is -0.685. The largest absolute Gasteiger partial charge is 0.451 e. The molecule has 0 saturated carbocycles. The number of rotatable bonds is 0. The SMILES string of the molecule is N[C@@H]1CCCCn2c1nnc2C(F)(F)F. The van der Waals surface area contributed by atoms with Crippen molar-refractivity contribution in [3.8, 4) is 0 Å². The van der Waals surface area contributed by atoms with Crippen molar-refractivity contribution in [2.75, 3.05) is 0 Å². The quantitative estimate of drug-likeness (QED) is 0.720. The van der Waals surface area contributed by atoms with Crippen LogP contribution < -0.4 is 5.73 Å². The van der Waals surface area contributed by atoms with Gasteiger partial charge in [-0.3, -0.25) is 0 Å². The van der Waals surface area contributed by atoms with E-state index < -0.39 is 18.0 Å². The Morgan fingerprint density at radius 3 is 2.67 bits per heavy atom. The van der Waals surface area contributed by atoms with Gasteiger partial charge in [0, 0.05) is 6.54 Å². The van der Waals surface area contributed by atoms with E-state index in [9.17, 15) is 13.2 Å². The highest BCUT2D eigenvalue weighted by Gasteiger charge is 2.39. The summed E-state index contributed by atoms with van der Waals surface area (Å²) in [7, 11) is 0. The molecule has 4 nitrogen and oxygen atoms in total. The van der Waals surface area contributed by atoms with Crippen LogP contribution >= 0.6 is 0 Å². The molecule has 0 aliphatic carbocycles. The van der Waals surface area contributed by atoms with E-state index >= 15 is 0 Å². The zero-order chi connectivity index (χ0) is 11.1. The molecule has 84 valence electrons. The first-order valence-corrected chi connectivity index (χ1v) is 4.76. The van der Waals surface area contributed by atoms with Crippen LogP contribution in [0.1, 0.15) is 37.0 Å². The third-order valence-corrected chi connectivity index (χ3v) is 2.51. The molecule has 2 rings (SSSR count). The predicted molar refractivity (Wildman–Crippen MR) is 45.8 cm³/mol. The number of halogens is 3. The zero-order valence-corrected chi connectivity index (χ0v) is 7.96. The van der Waals surface area contributed by atoms with Gasteiger partial charge >= 0.3 is 6.18 Å². The lowest BCUT2D eigenvalue weighted by atomic mass is 10.1. The third kappa shape index (κ3) is 1.83. The van der Waals surface area contributed by atoms with Crippen LogP contribution in [0.3, 0.4) is 0 Å². The molecule has 15 heavy (non-hydrogen) atoms. The summed E-state index contributed by atoms with van der Waals surface area (Å²) in [6.07, 6.45) is -2.28. The summed E-state index contributed by atoms with van der Waals surface area (Å²) in [5, 5.41) is 6.70. The van der Waals surface area contributed by atoms with Crippen molar-refractivity contribution in [3.05, 3.63) is 11.6 Å². The van der Waals surface area contributed by atoms with Gasteiger partial charge < -0.3 is 10.3 Å². The first kappa shape index (κ1) is 10.4. The third-order valence-electron chi connectivity index (χ3n) is 2.51. The minimum Gasteiger partial charge on any atom is -0.321 e. The minimum absolute atomic E-state index is 0.250. The van der Waals surface area contributed by atoms with Gasteiger partial charge in [0.25, 0.3) is 0 Å². The second kappa shape index (κ2) is 3.48. The number of fused-ring (bicyclic) bond motifs is 1. The van der Waals surface area contributed by atoms with Crippen molar-refractivity contribution in [2.24, 2.45) is 5.73 Å². The fourth-order valence-corrected chi connectivity index (χ4v) is 1.78. The lowest BCUT2D eigenvalue weighted by molar-refractivity contribution is -0.147. The van der Waals surface area contributed by atoms with E-state index in [0.717, 1.165) is 11.0 Å². The van der Waals surface area contributed by atoms with Gasteiger partial charge in [-0.25, -0.2) is 0 Å². The van der Waals surface area contributed by atoms with Crippen LogP contribution in [0.2, 0.25) is 0 Å². The van der Waals surface area contributed by atoms with Crippen molar-refractivity contribution < 1.29 is 13.2 Å². The molecule has 1 aromatic heterocycles. The fourth-order valence-electron chi connectivity index (χ4n) is 1.78. The summed E-state index contributed by atoms with van der Waals surface area (Å²) in [5.41, 5.74) is 5.71. The van der Waals surface area contributed by atoms with E-state index in [1.165, 1.54) is 0 Å². The zero-order valence-electron chi connectivity index (χ0n) is 7.96. The summed E-state index contributed by atoms with van der Waals surface area (Å²) in [6.45, 7) is 0.297. The van der Waals surface area contributed by atoms with Crippen LogP contribution in [0.25, 0.3) is 0 Å². The van der Waals surface area contributed by atoms with Crippen molar-refractivity contribution >= 4 is 0 Å². The number of hydrogen-bond acceptors (Lipinski definition) is 3. The maximum absolute atomic E-state index is 12.5. The van der Waals surface area contributed by atoms with Gasteiger partial charge in [-0.1, -0.05) is 0 Å². The monoisotopic (exact) mass is 220 g/mol. The number of aromatic nitrogens is 3. The average molecular weight is 220 g/mol. The van der Waals surface area contributed by atoms with Crippen LogP contribution in [0.15, 0.2) is 0 Å². The van der Waals surface area contributed by atoms with E-state index in [0.29, 0.717) is 19.4 Å². The Bertz CT molecular complexity index is 357. The van der Waals surface area contributed by atoms with E-state index in [-0.39, 0.29) is 5.82 Å². The molecule has 0 radical (unpaired) electrons. The topological polar surface area (TPSA) is 56.7 Å². The van der Waals surface area contributed by atoms with Crippen LogP contribution in [0, 0.1) is 0 Å².